The standard InChI is InChI=1S/C11H13F2NO.ClH/c1-15-8-3-2-7-4-5-14-10(11(12)13)9(7)6-8;/h2-3,6,10-11,14H,4-5H2,1H3;1H. The predicted molar refractivity (Wildman–Crippen MR) is 60.7 cm³/mol. The van der Waals surface area contributed by atoms with Gasteiger partial charge in [0.15, 0.2) is 0 Å². The van der Waals surface area contributed by atoms with E-state index in [0.717, 1.165) is 12.0 Å². The van der Waals surface area contributed by atoms with Gasteiger partial charge in [0.1, 0.15) is 5.75 Å². The smallest absolute Gasteiger partial charge is 0.257 e. The van der Waals surface area contributed by atoms with E-state index in [1.165, 1.54) is 7.11 Å². The SMILES string of the molecule is COc1ccc2c(c1)C(C(F)F)NCC2.Cl. The monoisotopic (exact) mass is 249 g/mol. The first kappa shape index (κ1) is 13.2. The molecule has 1 aromatic carbocycles. The van der Waals surface area contributed by atoms with Crippen molar-refractivity contribution < 1.29 is 13.5 Å². The Labute approximate surface area is 99.4 Å². The summed E-state index contributed by atoms with van der Waals surface area (Å²) in [5, 5.41) is 2.82. The van der Waals surface area contributed by atoms with Crippen molar-refractivity contribution in [3.8, 4) is 5.75 Å². The van der Waals surface area contributed by atoms with Gasteiger partial charge < -0.3 is 10.1 Å². The van der Waals surface area contributed by atoms with Gasteiger partial charge in [0.2, 0.25) is 0 Å². The van der Waals surface area contributed by atoms with E-state index in [1.807, 2.05) is 12.1 Å². The number of fused-ring (bicyclic) bond motifs is 1. The molecule has 1 unspecified atom stereocenters. The number of benzene rings is 1. The fourth-order valence-electron chi connectivity index (χ4n) is 1.91. The molecule has 5 heteroatoms. The highest BCUT2D eigenvalue weighted by atomic mass is 35.5. The molecule has 0 bridgehead atoms. The third-order valence-electron chi connectivity index (χ3n) is 2.70. The van der Waals surface area contributed by atoms with Gasteiger partial charge in [0.25, 0.3) is 6.43 Å². The van der Waals surface area contributed by atoms with Gasteiger partial charge in [-0.1, -0.05) is 6.07 Å². The van der Waals surface area contributed by atoms with Gasteiger partial charge in [-0.2, -0.15) is 0 Å². The number of halogens is 3. The maximum Gasteiger partial charge on any atom is 0.257 e. The minimum atomic E-state index is -2.38. The summed E-state index contributed by atoms with van der Waals surface area (Å²) in [7, 11) is 1.54. The van der Waals surface area contributed by atoms with E-state index in [0.29, 0.717) is 17.9 Å². The van der Waals surface area contributed by atoms with Gasteiger partial charge in [-0.05, 0) is 36.2 Å². The van der Waals surface area contributed by atoms with Crippen molar-refractivity contribution in [3.05, 3.63) is 29.3 Å². The fraction of sp³-hybridized carbons (Fsp3) is 0.455. The largest absolute Gasteiger partial charge is 0.497 e. The highest BCUT2D eigenvalue weighted by molar-refractivity contribution is 5.85. The zero-order valence-electron chi connectivity index (χ0n) is 8.87. The van der Waals surface area contributed by atoms with Crippen LogP contribution in [0.15, 0.2) is 18.2 Å². The van der Waals surface area contributed by atoms with Crippen LogP contribution in [0.5, 0.6) is 5.75 Å². The van der Waals surface area contributed by atoms with Crippen molar-refractivity contribution in [2.75, 3.05) is 13.7 Å². The maximum atomic E-state index is 12.7. The molecule has 1 aliphatic rings. The molecule has 1 aliphatic heterocycles. The van der Waals surface area contributed by atoms with Gasteiger partial charge in [-0.15, -0.1) is 12.4 Å². The van der Waals surface area contributed by atoms with Crippen molar-refractivity contribution in [3.63, 3.8) is 0 Å². The van der Waals surface area contributed by atoms with Gasteiger partial charge >= 0.3 is 0 Å². The molecule has 0 saturated carbocycles. The number of nitrogens with one attached hydrogen (secondary N) is 1. The number of rotatable bonds is 2. The summed E-state index contributed by atoms with van der Waals surface area (Å²) < 4.78 is 30.5. The van der Waals surface area contributed by atoms with Crippen LogP contribution in [0.1, 0.15) is 17.2 Å². The van der Waals surface area contributed by atoms with E-state index in [1.54, 1.807) is 6.07 Å². The van der Waals surface area contributed by atoms with Gasteiger partial charge in [-0.25, -0.2) is 8.78 Å². The minimum Gasteiger partial charge on any atom is -0.497 e. The molecule has 0 amide bonds. The summed E-state index contributed by atoms with van der Waals surface area (Å²) in [6, 6.07) is 4.51. The normalized spacial score (nSPS) is 18.9. The van der Waals surface area contributed by atoms with Crippen LogP contribution in [0.4, 0.5) is 8.78 Å². The van der Waals surface area contributed by atoms with Gasteiger partial charge in [-0.3, -0.25) is 0 Å². The molecule has 2 rings (SSSR count). The second-order valence-electron chi connectivity index (χ2n) is 3.58. The lowest BCUT2D eigenvalue weighted by Gasteiger charge is -2.26. The van der Waals surface area contributed by atoms with Gasteiger partial charge in [0.05, 0.1) is 13.2 Å². The lowest BCUT2D eigenvalue weighted by Crippen LogP contribution is -2.34. The van der Waals surface area contributed by atoms with Crippen molar-refractivity contribution in [2.24, 2.45) is 0 Å². The fourth-order valence-corrected chi connectivity index (χ4v) is 1.91. The van der Waals surface area contributed by atoms with Crippen molar-refractivity contribution in [1.82, 2.24) is 5.32 Å². The molecule has 1 N–H and O–H groups in total. The lowest BCUT2D eigenvalue weighted by molar-refractivity contribution is 0.0953. The van der Waals surface area contributed by atoms with Crippen LogP contribution in [0.3, 0.4) is 0 Å². The van der Waals surface area contributed by atoms with Crippen LogP contribution in [0, 0.1) is 0 Å². The lowest BCUT2D eigenvalue weighted by atomic mass is 9.94. The molecule has 0 saturated heterocycles. The minimum absolute atomic E-state index is 0. The molecular weight excluding hydrogens is 236 g/mol. The number of hydrogen-bond donors (Lipinski definition) is 1. The highest BCUT2D eigenvalue weighted by Gasteiger charge is 2.27. The molecule has 1 atom stereocenters. The summed E-state index contributed by atoms with van der Waals surface area (Å²) >= 11 is 0. The van der Waals surface area contributed by atoms with Crippen LogP contribution < -0.4 is 10.1 Å². The van der Waals surface area contributed by atoms with E-state index >= 15 is 0 Å². The Bertz CT molecular complexity index is 360. The van der Waals surface area contributed by atoms with E-state index < -0.39 is 12.5 Å². The molecule has 1 heterocycles. The highest BCUT2D eigenvalue weighted by Crippen LogP contribution is 2.30. The Morgan fingerprint density at radius 1 is 1.44 bits per heavy atom. The van der Waals surface area contributed by atoms with Crippen LogP contribution in [0.2, 0.25) is 0 Å². The second kappa shape index (κ2) is 5.46. The first-order chi connectivity index (χ1) is 7.22. The Kier molecular flexibility index (Phi) is 4.50. The first-order valence-electron chi connectivity index (χ1n) is 4.90. The summed E-state index contributed by atoms with van der Waals surface area (Å²) in [6.45, 7) is 0.605. The maximum absolute atomic E-state index is 12.7. The Balaban J connectivity index is 0.00000128. The molecule has 2 nitrogen and oxygen atoms in total. The summed E-state index contributed by atoms with van der Waals surface area (Å²) in [6.07, 6.45) is -1.58. The zero-order chi connectivity index (χ0) is 10.8. The first-order valence-corrected chi connectivity index (χ1v) is 4.90. The van der Waals surface area contributed by atoms with E-state index in [9.17, 15) is 8.78 Å². The van der Waals surface area contributed by atoms with Crippen LogP contribution in [-0.4, -0.2) is 20.1 Å². The quantitative estimate of drug-likeness (QED) is 0.870. The molecule has 0 aliphatic carbocycles. The summed E-state index contributed by atoms with van der Waals surface area (Å²) in [4.78, 5) is 0. The van der Waals surface area contributed by atoms with Gasteiger partial charge in [0, 0.05) is 0 Å². The van der Waals surface area contributed by atoms with Crippen LogP contribution >= 0.6 is 12.4 Å². The average molecular weight is 250 g/mol. The molecule has 0 spiro atoms. The predicted octanol–water partition coefficient (Wildman–Crippen LogP) is 2.57. The van der Waals surface area contributed by atoms with Crippen molar-refractivity contribution in [1.29, 1.82) is 0 Å². The van der Waals surface area contributed by atoms with Crippen molar-refractivity contribution >= 4 is 12.4 Å². The van der Waals surface area contributed by atoms with Crippen LogP contribution in [-0.2, 0) is 6.42 Å². The van der Waals surface area contributed by atoms with E-state index in [4.69, 9.17) is 4.74 Å². The number of alkyl halides is 2. The molecule has 90 valence electrons. The number of hydrogen-bond acceptors (Lipinski definition) is 2. The number of ether oxygens (including phenoxy) is 1. The molecular formula is C11H14ClF2NO. The topological polar surface area (TPSA) is 21.3 Å². The average Bonchev–Trinajstić information content (AvgIpc) is 2.27. The third-order valence-corrected chi connectivity index (χ3v) is 2.70. The molecule has 16 heavy (non-hydrogen) atoms. The Morgan fingerprint density at radius 3 is 2.81 bits per heavy atom. The zero-order valence-corrected chi connectivity index (χ0v) is 9.69. The molecule has 0 aromatic heterocycles. The second-order valence-corrected chi connectivity index (χ2v) is 3.58. The molecule has 1 aromatic rings. The Morgan fingerprint density at radius 2 is 2.19 bits per heavy atom. The molecule has 0 fully saturated rings. The van der Waals surface area contributed by atoms with Crippen molar-refractivity contribution in [2.45, 2.75) is 18.9 Å². The molecule has 0 radical (unpaired) electrons. The van der Waals surface area contributed by atoms with E-state index in [-0.39, 0.29) is 12.4 Å². The summed E-state index contributed by atoms with van der Waals surface area (Å²) in [5.41, 5.74) is 1.65. The van der Waals surface area contributed by atoms with E-state index in [2.05, 4.69) is 5.32 Å². The third kappa shape index (κ3) is 2.44. The Hall–Kier alpha value is -0.870. The number of methoxy groups -OCH3 is 1. The summed E-state index contributed by atoms with van der Waals surface area (Å²) in [5.74, 6) is 0.628. The van der Waals surface area contributed by atoms with Crippen LogP contribution in [0.25, 0.3) is 0 Å².